The largest absolute Gasteiger partial charge is 0.344 e. The van der Waals surface area contributed by atoms with Crippen molar-refractivity contribution in [3.63, 3.8) is 0 Å². The number of rotatable bonds is 5. The molecule has 0 aromatic heterocycles. The second-order valence-electron chi connectivity index (χ2n) is 7.54. The molecule has 25 heavy (non-hydrogen) atoms. The number of hydrogen-bond donors (Lipinski definition) is 0. The Morgan fingerprint density at radius 3 is 2.68 bits per heavy atom. The maximum Gasteiger partial charge on any atom is 0.269 e. The Labute approximate surface area is 154 Å². The SMILES string of the molecule is CCc1cc([N+](=O)[O-])ccc1/N=C1/SCC2(CCCC2)N1CC(C)C. The molecule has 1 saturated heterocycles. The Morgan fingerprint density at radius 2 is 2.08 bits per heavy atom. The molecule has 0 radical (unpaired) electrons. The number of benzene rings is 1. The predicted octanol–water partition coefficient (Wildman–Crippen LogP) is 5.16. The van der Waals surface area contributed by atoms with E-state index in [2.05, 4.69) is 18.7 Å². The van der Waals surface area contributed by atoms with Crippen LogP contribution in [-0.4, -0.2) is 32.8 Å². The molecule has 1 heterocycles. The van der Waals surface area contributed by atoms with Gasteiger partial charge in [-0.1, -0.05) is 45.4 Å². The quantitative estimate of drug-likeness (QED) is 0.537. The highest BCUT2D eigenvalue weighted by Crippen LogP contribution is 2.45. The number of amidine groups is 1. The van der Waals surface area contributed by atoms with Gasteiger partial charge in [-0.3, -0.25) is 10.1 Å². The first-order valence-electron chi connectivity index (χ1n) is 9.21. The first kappa shape index (κ1) is 18.2. The standard InChI is InChI=1S/C19H27N3O2S/c1-4-15-11-16(22(23)24)7-8-17(15)20-18-21(12-14(2)3)19(13-25-18)9-5-6-10-19/h7-8,11,14H,4-6,9-10,12-13H2,1-3H3/b20-18+. The minimum absolute atomic E-state index is 0.145. The van der Waals surface area contributed by atoms with Crippen LogP contribution in [0.3, 0.4) is 0 Å². The molecule has 0 atom stereocenters. The number of nitrogens with zero attached hydrogens (tertiary/aromatic N) is 3. The van der Waals surface area contributed by atoms with E-state index in [0.717, 1.165) is 35.1 Å². The summed E-state index contributed by atoms with van der Waals surface area (Å²) in [6.07, 6.45) is 5.87. The molecule has 0 bridgehead atoms. The van der Waals surface area contributed by atoms with Crippen molar-refractivity contribution in [2.24, 2.45) is 10.9 Å². The van der Waals surface area contributed by atoms with Crippen molar-refractivity contribution >= 4 is 28.3 Å². The van der Waals surface area contributed by atoms with Crippen LogP contribution in [0.15, 0.2) is 23.2 Å². The number of non-ortho nitro benzene ring substituents is 1. The van der Waals surface area contributed by atoms with Crippen LogP contribution in [0.25, 0.3) is 0 Å². The fraction of sp³-hybridized carbons (Fsp3) is 0.632. The van der Waals surface area contributed by atoms with Crippen LogP contribution in [-0.2, 0) is 6.42 Å². The maximum atomic E-state index is 11.0. The van der Waals surface area contributed by atoms with E-state index in [-0.39, 0.29) is 16.1 Å². The first-order valence-corrected chi connectivity index (χ1v) is 10.2. The summed E-state index contributed by atoms with van der Waals surface area (Å²) in [5.41, 5.74) is 2.24. The van der Waals surface area contributed by atoms with Gasteiger partial charge in [-0.2, -0.15) is 0 Å². The summed E-state index contributed by atoms with van der Waals surface area (Å²) >= 11 is 1.86. The predicted molar refractivity (Wildman–Crippen MR) is 105 cm³/mol. The third kappa shape index (κ3) is 3.68. The fourth-order valence-corrected chi connectivity index (χ4v) is 5.34. The summed E-state index contributed by atoms with van der Waals surface area (Å²) in [6, 6.07) is 5.03. The molecule has 0 N–H and O–H groups in total. The number of hydrogen-bond acceptors (Lipinski definition) is 4. The van der Waals surface area contributed by atoms with Crippen molar-refractivity contribution < 1.29 is 4.92 Å². The topological polar surface area (TPSA) is 58.7 Å². The van der Waals surface area contributed by atoms with Crippen LogP contribution in [0.1, 0.15) is 52.0 Å². The Balaban J connectivity index is 1.95. The molecule has 1 aromatic rings. The van der Waals surface area contributed by atoms with Crippen molar-refractivity contribution in [3.05, 3.63) is 33.9 Å². The van der Waals surface area contributed by atoms with Gasteiger partial charge >= 0.3 is 0 Å². The highest BCUT2D eigenvalue weighted by molar-refractivity contribution is 8.14. The third-order valence-electron chi connectivity index (χ3n) is 5.23. The second-order valence-corrected chi connectivity index (χ2v) is 8.49. The molecule has 1 aliphatic carbocycles. The second kappa shape index (κ2) is 7.36. The van der Waals surface area contributed by atoms with Gasteiger partial charge in [0.15, 0.2) is 5.17 Å². The van der Waals surface area contributed by atoms with E-state index in [1.54, 1.807) is 18.2 Å². The Bertz CT molecular complexity index is 681. The Kier molecular flexibility index (Phi) is 5.37. The molecule has 6 heteroatoms. The van der Waals surface area contributed by atoms with E-state index in [4.69, 9.17) is 4.99 Å². The lowest BCUT2D eigenvalue weighted by atomic mass is 9.97. The highest BCUT2D eigenvalue weighted by atomic mass is 32.2. The van der Waals surface area contributed by atoms with Crippen LogP contribution in [0.2, 0.25) is 0 Å². The summed E-state index contributed by atoms with van der Waals surface area (Å²) < 4.78 is 0. The van der Waals surface area contributed by atoms with E-state index in [1.165, 1.54) is 25.7 Å². The minimum atomic E-state index is -0.334. The van der Waals surface area contributed by atoms with Crippen LogP contribution < -0.4 is 0 Å². The van der Waals surface area contributed by atoms with Crippen molar-refractivity contribution in [1.82, 2.24) is 4.90 Å². The van der Waals surface area contributed by atoms with E-state index >= 15 is 0 Å². The summed E-state index contributed by atoms with van der Waals surface area (Å²) in [6.45, 7) is 7.56. The van der Waals surface area contributed by atoms with Crippen molar-refractivity contribution in [2.45, 2.75) is 58.4 Å². The van der Waals surface area contributed by atoms with Crippen LogP contribution in [0.4, 0.5) is 11.4 Å². The summed E-state index contributed by atoms with van der Waals surface area (Å²) in [5, 5.41) is 12.1. The third-order valence-corrected chi connectivity index (χ3v) is 6.48. The van der Waals surface area contributed by atoms with E-state index < -0.39 is 0 Å². The maximum absolute atomic E-state index is 11.0. The number of thioether (sulfide) groups is 1. The zero-order valence-corrected chi connectivity index (χ0v) is 16.1. The molecular weight excluding hydrogens is 334 g/mol. The summed E-state index contributed by atoms with van der Waals surface area (Å²) in [7, 11) is 0. The van der Waals surface area contributed by atoms with Gasteiger partial charge in [0.2, 0.25) is 0 Å². The van der Waals surface area contributed by atoms with E-state index in [9.17, 15) is 10.1 Å². The molecule has 0 amide bonds. The first-order chi connectivity index (χ1) is 11.9. The molecule has 1 aromatic carbocycles. The zero-order valence-electron chi connectivity index (χ0n) is 15.3. The van der Waals surface area contributed by atoms with Crippen LogP contribution >= 0.6 is 11.8 Å². The fourth-order valence-electron chi connectivity index (χ4n) is 3.92. The molecule has 136 valence electrons. The van der Waals surface area contributed by atoms with Gasteiger partial charge < -0.3 is 4.90 Å². The molecule has 0 unspecified atom stereocenters. The molecule has 3 rings (SSSR count). The number of aliphatic imine (C=N–C) groups is 1. The molecule has 1 saturated carbocycles. The van der Waals surface area contributed by atoms with Crippen molar-refractivity contribution in [2.75, 3.05) is 12.3 Å². The Morgan fingerprint density at radius 1 is 1.36 bits per heavy atom. The monoisotopic (exact) mass is 361 g/mol. The normalized spacial score (nSPS) is 21.0. The number of nitro benzene ring substituents is 1. The van der Waals surface area contributed by atoms with Gasteiger partial charge in [0.1, 0.15) is 0 Å². The average molecular weight is 362 g/mol. The van der Waals surface area contributed by atoms with Gasteiger partial charge in [0.05, 0.1) is 16.1 Å². The average Bonchev–Trinajstić information content (AvgIpc) is 3.17. The number of nitro groups is 1. The molecule has 5 nitrogen and oxygen atoms in total. The molecule has 1 spiro atoms. The lowest BCUT2D eigenvalue weighted by Gasteiger charge is -2.37. The van der Waals surface area contributed by atoms with Crippen LogP contribution in [0.5, 0.6) is 0 Å². The van der Waals surface area contributed by atoms with Gasteiger partial charge in [-0.25, -0.2) is 4.99 Å². The summed E-state index contributed by atoms with van der Waals surface area (Å²) in [5.74, 6) is 1.70. The van der Waals surface area contributed by atoms with Crippen LogP contribution in [0, 0.1) is 16.0 Å². The van der Waals surface area contributed by atoms with E-state index in [0.29, 0.717) is 5.92 Å². The molecular formula is C19H27N3O2S. The minimum Gasteiger partial charge on any atom is -0.344 e. The van der Waals surface area contributed by atoms with Crippen molar-refractivity contribution in [3.8, 4) is 0 Å². The smallest absolute Gasteiger partial charge is 0.269 e. The summed E-state index contributed by atoms with van der Waals surface area (Å²) in [4.78, 5) is 18.2. The molecule has 1 aliphatic heterocycles. The molecule has 2 aliphatic rings. The lowest BCUT2D eigenvalue weighted by Crippen LogP contribution is -2.46. The number of aryl methyl sites for hydroxylation is 1. The van der Waals surface area contributed by atoms with Gasteiger partial charge in [0.25, 0.3) is 5.69 Å². The van der Waals surface area contributed by atoms with Crippen molar-refractivity contribution in [1.29, 1.82) is 0 Å². The van der Waals surface area contributed by atoms with Gasteiger partial charge in [-0.15, -0.1) is 0 Å². The zero-order chi connectivity index (χ0) is 18.0. The lowest BCUT2D eigenvalue weighted by molar-refractivity contribution is -0.384. The Hall–Kier alpha value is -1.56. The molecule has 2 fully saturated rings. The highest BCUT2D eigenvalue weighted by Gasteiger charge is 2.46. The van der Waals surface area contributed by atoms with E-state index in [1.807, 2.05) is 18.7 Å². The van der Waals surface area contributed by atoms with Gasteiger partial charge in [-0.05, 0) is 36.8 Å². The van der Waals surface area contributed by atoms with Gasteiger partial charge in [0, 0.05) is 24.4 Å².